The maximum Gasteiger partial charge on any atom is 0.321 e. The fraction of sp³-hybridized carbons (Fsp3) is 0.300. The van der Waals surface area contributed by atoms with Crippen LogP contribution in [0.4, 0.5) is 9.93 Å². The first kappa shape index (κ1) is 19.1. The van der Waals surface area contributed by atoms with Crippen molar-refractivity contribution in [3.63, 3.8) is 0 Å². The number of carbonyl (C=O) groups is 1. The Morgan fingerprint density at radius 1 is 1.24 bits per heavy atom. The van der Waals surface area contributed by atoms with Gasteiger partial charge in [0, 0.05) is 18.2 Å². The van der Waals surface area contributed by atoms with Gasteiger partial charge >= 0.3 is 6.03 Å². The molecule has 1 aliphatic heterocycles. The molecule has 0 saturated carbocycles. The number of pyridine rings is 1. The van der Waals surface area contributed by atoms with E-state index in [1.165, 1.54) is 11.3 Å². The highest BCUT2D eigenvalue weighted by Gasteiger charge is 2.32. The number of ether oxygens (including phenoxy) is 2. The quantitative estimate of drug-likeness (QED) is 0.603. The summed E-state index contributed by atoms with van der Waals surface area (Å²) < 4.78 is 11.8. The number of para-hydroxylation sites is 1. The summed E-state index contributed by atoms with van der Waals surface area (Å²) in [5.74, 6) is 1.48. The zero-order valence-electron chi connectivity index (χ0n) is 16.1. The molecule has 29 heavy (non-hydrogen) atoms. The molecule has 0 spiro atoms. The summed E-state index contributed by atoms with van der Waals surface area (Å²) >= 11 is 1.26. The number of hydrogen-bond acceptors (Lipinski definition) is 7. The van der Waals surface area contributed by atoms with Crippen LogP contribution in [0.3, 0.4) is 0 Å². The molecule has 2 amide bonds. The van der Waals surface area contributed by atoms with E-state index in [2.05, 4.69) is 39.7 Å². The van der Waals surface area contributed by atoms with Gasteiger partial charge in [0.15, 0.2) is 16.5 Å². The Labute approximate surface area is 172 Å². The van der Waals surface area contributed by atoms with Crippen molar-refractivity contribution >= 4 is 22.5 Å². The molecule has 1 aliphatic rings. The van der Waals surface area contributed by atoms with Crippen LogP contribution in [-0.4, -0.2) is 40.0 Å². The second-order valence-electron chi connectivity index (χ2n) is 7.14. The molecule has 150 valence electrons. The lowest BCUT2D eigenvalue weighted by Gasteiger charge is -2.18. The number of urea groups is 1. The molecule has 4 rings (SSSR count). The van der Waals surface area contributed by atoms with Crippen molar-refractivity contribution < 1.29 is 14.3 Å². The lowest BCUT2D eigenvalue weighted by Crippen LogP contribution is -2.32. The highest BCUT2D eigenvalue weighted by Crippen LogP contribution is 2.41. The van der Waals surface area contributed by atoms with E-state index < -0.39 is 0 Å². The molecule has 0 saturated heterocycles. The molecule has 9 heteroatoms. The summed E-state index contributed by atoms with van der Waals surface area (Å²) in [5.41, 5.74) is 1.63. The van der Waals surface area contributed by atoms with Gasteiger partial charge in [-0.1, -0.05) is 29.5 Å². The first-order chi connectivity index (χ1) is 14.0. The van der Waals surface area contributed by atoms with Crippen LogP contribution in [0, 0.1) is 0 Å². The number of amides is 2. The number of hydrogen-bond donors (Lipinski definition) is 2. The van der Waals surface area contributed by atoms with Crippen molar-refractivity contribution in [2.45, 2.75) is 25.9 Å². The van der Waals surface area contributed by atoms with Gasteiger partial charge < -0.3 is 14.8 Å². The lowest BCUT2D eigenvalue weighted by atomic mass is 10.0. The third-order valence-corrected chi connectivity index (χ3v) is 5.09. The molecule has 2 N–H and O–H groups in total. The summed E-state index contributed by atoms with van der Waals surface area (Å²) in [6.45, 7) is 4.76. The van der Waals surface area contributed by atoms with Crippen molar-refractivity contribution in [1.82, 2.24) is 20.5 Å². The standard InChI is InChI=1S/C20H21N5O3S/c1-20(2)12-13-6-5-8-15(16(13)28-20)27-11-10-22-18(26)23-19-25-24-17(29-19)14-7-3-4-9-21-14/h3-9H,10-12H2,1-2H3,(H2,22,23,25,26). The van der Waals surface area contributed by atoms with Crippen molar-refractivity contribution in [3.8, 4) is 22.2 Å². The molecule has 0 bridgehead atoms. The van der Waals surface area contributed by atoms with Crippen LogP contribution in [0.15, 0.2) is 42.6 Å². The topological polar surface area (TPSA) is 98.3 Å². The summed E-state index contributed by atoms with van der Waals surface area (Å²) in [7, 11) is 0. The number of rotatable bonds is 6. The number of benzene rings is 1. The summed E-state index contributed by atoms with van der Waals surface area (Å²) in [6.07, 6.45) is 2.53. The van der Waals surface area contributed by atoms with Gasteiger partial charge in [-0.3, -0.25) is 10.3 Å². The van der Waals surface area contributed by atoms with Gasteiger partial charge in [-0.25, -0.2) is 4.79 Å². The maximum atomic E-state index is 12.1. The molecule has 3 heterocycles. The van der Waals surface area contributed by atoms with Crippen molar-refractivity contribution in [2.24, 2.45) is 0 Å². The molecule has 0 aliphatic carbocycles. The number of carbonyl (C=O) groups excluding carboxylic acids is 1. The van der Waals surface area contributed by atoms with E-state index in [1.807, 2.05) is 36.4 Å². The average Bonchev–Trinajstić information content (AvgIpc) is 3.29. The Bertz CT molecular complexity index is 1010. The van der Waals surface area contributed by atoms with E-state index in [1.54, 1.807) is 6.20 Å². The highest BCUT2D eigenvalue weighted by molar-refractivity contribution is 7.18. The van der Waals surface area contributed by atoms with Gasteiger partial charge in [-0.2, -0.15) is 0 Å². The van der Waals surface area contributed by atoms with E-state index in [9.17, 15) is 4.79 Å². The fourth-order valence-corrected chi connectivity index (χ4v) is 3.75. The van der Waals surface area contributed by atoms with Crippen LogP contribution in [0.1, 0.15) is 19.4 Å². The second-order valence-corrected chi connectivity index (χ2v) is 8.12. The SMILES string of the molecule is CC1(C)Cc2cccc(OCCNC(=O)Nc3nnc(-c4ccccn4)s3)c2O1. The van der Waals surface area contributed by atoms with Crippen LogP contribution in [0.25, 0.3) is 10.7 Å². The van der Waals surface area contributed by atoms with E-state index in [0.717, 1.165) is 17.7 Å². The zero-order chi connectivity index (χ0) is 20.3. The molecule has 3 aromatic rings. The number of aromatic nitrogens is 3. The molecular formula is C20H21N5O3S. The normalized spacial score (nSPS) is 14.0. The third kappa shape index (κ3) is 4.62. The summed E-state index contributed by atoms with van der Waals surface area (Å²) in [5, 5.41) is 14.5. The maximum absolute atomic E-state index is 12.1. The molecule has 2 aromatic heterocycles. The average molecular weight is 411 g/mol. The molecule has 0 radical (unpaired) electrons. The minimum Gasteiger partial charge on any atom is -0.488 e. The van der Waals surface area contributed by atoms with Crippen LogP contribution >= 0.6 is 11.3 Å². The van der Waals surface area contributed by atoms with Gasteiger partial charge in [0.2, 0.25) is 5.13 Å². The van der Waals surface area contributed by atoms with Crippen molar-refractivity contribution in [3.05, 3.63) is 48.2 Å². The predicted octanol–water partition coefficient (Wildman–Crippen LogP) is 3.51. The number of fused-ring (bicyclic) bond motifs is 1. The Balaban J connectivity index is 1.25. The molecular weight excluding hydrogens is 390 g/mol. The Kier molecular flexibility index (Phi) is 5.30. The van der Waals surface area contributed by atoms with E-state index in [4.69, 9.17) is 9.47 Å². The van der Waals surface area contributed by atoms with Gasteiger partial charge in [-0.05, 0) is 32.0 Å². The van der Waals surface area contributed by atoms with Gasteiger partial charge in [-0.15, -0.1) is 10.2 Å². The highest BCUT2D eigenvalue weighted by atomic mass is 32.1. The number of anilines is 1. The van der Waals surface area contributed by atoms with Gasteiger partial charge in [0.1, 0.15) is 17.9 Å². The minimum absolute atomic E-state index is 0.226. The van der Waals surface area contributed by atoms with Crippen LogP contribution in [0.5, 0.6) is 11.5 Å². The molecule has 0 unspecified atom stereocenters. The second kappa shape index (κ2) is 8.04. The molecule has 1 aromatic carbocycles. The van der Waals surface area contributed by atoms with E-state index in [-0.39, 0.29) is 11.6 Å². The van der Waals surface area contributed by atoms with Crippen LogP contribution in [-0.2, 0) is 6.42 Å². The largest absolute Gasteiger partial charge is 0.488 e. The first-order valence-corrected chi connectivity index (χ1v) is 10.1. The van der Waals surface area contributed by atoms with Crippen LogP contribution < -0.4 is 20.1 Å². The lowest BCUT2D eigenvalue weighted by molar-refractivity contribution is 0.132. The molecule has 0 atom stereocenters. The summed E-state index contributed by atoms with van der Waals surface area (Å²) in [4.78, 5) is 16.3. The molecule has 8 nitrogen and oxygen atoms in total. The van der Waals surface area contributed by atoms with Crippen LogP contribution in [0.2, 0.25) is 0 Å². The Morgan fingerprint density at radius 2 is 2.14 bits per heavy atom. The van der Waals surface area contributed by atoms with Gasteiger partial charge in [0.25, 0.3) is 0 Å². The number of nitrogens with zero attached hydrogens (tertiary/aromatic N) is 3. The zero-order valence-corrected chi connectivity index (χ0v) is 17.0. The monoisotopic (exact) mass is 411 g/mol. The minimum atomic E-state index is -0.368. The summed E-state index contributed by atoms with van der Waals surface area (Å²) in [6, 6.07) is 11.0. The van der Waals surface area contributed by atoms with E-state index >= 15 is 0 Å². The molecule has 0 fully saturated rings. The van der Waals surface area contributed by atoms with Crippen molar-refractivity contribution in [2.75, 3.05) is 18.5 Å². The van der Waals surface area contributed by atoms with Crippen molar-refractivity contribution in [1.29, 1.82) is 0 Å². The predicted molar refractivity (Wildman–Crippen MR) is 111 cm³/mol. The number of nitrogens with one attached hydrogen (secondary N) is 2. The van der Waals surface area contributed by atoms with Gasteiger partial charge in [0.05, 0.1) is 6.54 Å². The smallest absolute Gasteiger partial charge is 0.321 e. The Hall–Kier alpha value is -3.20. The fourth-order valence-electron chi connectivity index (χ4n) is 3.03. The third-order valence-electron chi connectivity index (χ3n) is 4.23. The Morgan fingerprint density at radius 3 is 2.97 bits per heavy atom. The first-order valence-electron chi connectivity index (χ1n) is 9.24. The van der Waals surface area contributed by atoms with E-state index in [0.29, 0.717) is 34.7 Å².